The maximum absolute atomic E-state index is 12.9. The van der Waals surface area contributed by atoms with Crippen LogP contribution in [-0.4, -0.2) is 43.9 Å². The highest BCUT2D eigenvalue weighted by molar-refractivity contribution is 7.09. The molecule has 124 valence electrons. The highest BCUT2D eigenvalue weighted by atomic mass is 32.1. The van der Waals surface area contributed by atoms with Gasteiger partial charge in [-0.1, -0.05) is 5.21 Å². The van der Waals surface area contributed by atoms with Gasteiger partial charge in [0, 0.05) is 42.7 Å². The van der Waals surface area contributed by atoms with E-state index in [1.165, 1.54) is 0 Å². The Morgan fingerprint density at radius 2 is 2.25 bits per heavy atom. The number of aryl methyl sites for hydroxylation is 2. The average Bonchev–Trinajstić information content (AvgIpc) is 3.20. The summed E-state index contributed by atoms with van der Waals surface area (Å²) in [5.74, 6) is 0.419. The van der Waals surface area contributed by atoms with E-state index >= 15 is 0 Å². The average molecular weight is 341 g/mol. The minimum absolute atomic E-state index is 0.0699. The molecule has 0 saturated carbocycles. The van der Waals surface area contributed by atoms with Crippen LogP contribution in [0.2, 0.25) is 0 Å². The van der Waals surface area contributed by atoms with Crippen LogP contribution >= 0.6 is 11.3 Å². The zero-order valence-corrected chi connectivity index (χ0v) is 14.6. The van der Waals surface area contributed by atoms with Gasteiger partial charge < -0.3 is 4.90 Å². The summed E-state index contributed by atoms with van der Waals surface area (Å²) in [7, 11) is 1.85. The molecule has 2 aromatic heterocycles. The number of nitrogens with zero attached hydrogens (tertiary/aromatic N) is 5. The van der Waals surface area contributed by atoms with E-state index in [1.54, 1.807) is 16.0 Å². The van der Waals surface area contributed by atoms with Crippen molar-refractivity contribution in [2.24, 2.45) is 7.05 Å². The molecule has 1 aliphatic rings. The van der Waals surface area contributed by atoms with Crippen LogP contribution in [0.1, 0.15) is 39.8 Å². The number of aromatic nitrogens is 4. The largest absolute Gasteiger partial charge is 0.338 e. The van der Waals surface area contributed by atoms with Crippen molar-refractivity contribution >= 4 is 28.3 Å². The Balaban J connectivity index is 1.56. The van der Waals surface area contributed by atoms with Gasteiger partial charge in [-0.2, -0.15) is 0 Å². The third-order valence-electron chi connectivity index (χ3n) is 4.55. The fraction of sp³-hybridized carbons (Fsp3) is 0.412. The quantitative estimate of drug-likeness (QED) is 0.719. The number of carbonyl (C=O) groups excluding carboxylic acids is 1. The molecule has 1 amide bonds. The lowest BCUT2D eigenvalue weighted by atomic mass is 9.98. The standard InChI is InChI=1S/C17H19N5OS/c1-11-10-24-16(18-11)13-4-3-7-22(9-13)17(23)12-5-6-15-14(8-12)19-20-21(15)2/h5-6,8,10,13H,3-4,7,9H2,1-2H3/t13-/m0/s1. The Morgan fingerprint density at radius 1 is 1.38 bits per heavy atom. The van der Waals surface area contributed by atoms with Crippen LogP contribution in [0.5, 0.6) is 0 Å². The monoisotopic (exact) mass is 341 g/mol. The fourth-order valence-corrected chi connectivity index (χ4v) is 4.20. The van der Waals surface area contributed by atoms with E-state index in [-0.39, 0.29) is 5.91 Å². The van der Waals surface area contributed by atoms with Gasteiger partial charge in [-0.3, -0.25) is 4.79 Å². The third kappa shape index (κ3) is 2.69. The van der Waals surface area contributed by atoms with Gasteiger partial charge in [0.15, 0.2) is 0 Å². The molecule has 0 N–H and O–H groups in total. The van der Waals surface area contributed by atoms with E-state index in [1.807, 2.05) is 37.1 Å². The number of benzene rings is 1. The molecule has 1 saturated heterocycles. The third-order valence-corrected chi connectivity index (χ3v) is 5.68. The molecule has 6 nitrogen and oxygen atoms in total. The zero-order chi connectivity index (χ0) is 16.7. The second-order valence-electron chi connectivity index (χ2n) is 6.33. The Kier molecular flexibility index (Phi) is 3.80. The van der Waals surface area contributed by atoms with Crippen molar-refractivity contribution in [3.63, 3.8) is 0 Å². The Bertz CT molecular complexity index is 899. The van der Waals surface area contributed by atoms with E-state index in [9.17, 15) is 4.79 Å². The van der Waals surface area contributed by atoms with Crippen LogP contribution in [0.3, 0.4) is 0 Å². The van der Waals surface area contributed by atoms with Crippen molar-refractivity contribution in [2.75, 3.05) is 13.1 Å². The predicted molar refractivity (Wildman–Crippen MR) is 93.2 cm³/mol. The highest BCUT2D eigenvalue weighted by Crippen LogP contribution is 2.30. The minimum atomic E-state index is 0.0699. The van der Waals surface area contributed by atoms with Crippen LogP contribution in [0.4, 0.5) is 0 Å². The first-order valence-electron chi connectivity index (χ1n) is 8.12. The smallest absolute Gasteiger partial charge is 0.253 e. The maximum atomic E-state index is 12.9. The number of hydrogen-bond donors (Lipinski definition) is 0. The summed E-state index contributed by atoms with van der Waals surface area (Å²) in [6.45, 7) is 3.56. The lowest BCUT2D eigenvalue weighted by molar-refractivity contribution is 0.0707. The van der Waals surface area contributed by atoms with E-state index < -0.39 is 0 Å². The minimum Gasteiger partial charge on any atom is -0.338 e. The number of amides is 1. The molecule has 0 bridgehead atoms. The Labute approximate surface area is 144 Å². The first-order valence-corrected chi connectivity index (χ1v) is 9.00. The Morgan fingerprint density at radius 3 is 3.04 bits per heavy atom. The van der Waals surface area contributed by atoms with Gasteiger partial charge in [-0.15, -0.1) is 16.4 Å². The normalized spacial score (nSPS) is 18.2. The van der Waals surface area contributed by atoms with Gasteiger partial charge in [0.05, 0.1) is 10.5 Å². The van der Waals surface area contributed by atoms with Crippen molar-refractivity contribution in [3.8, 4) is 0 Å². The molecule has 0 spiro atoms. The molecule has 4 rings (SSSR count). The van der Waals surface area contributed by atoms with Crippen LogP contribution in [0.25, 0.3) is 11.0 Å². The number of piperidine rings is 1. The summed E-state index contributed by atoms with van der Waals surface area (Å²) in [4.78, 5) is 19.4. The lowest BCUT2D eigenvalue weighted by Gasteiger charge is -2.32. The summed E-state index contributed by atoms with van der Waals surface area (Å²) < 4.78 is 1.71. The van der Waals surface area contributed by atoms with E-state index in [0.717, 1.165) is 47.7 Å². The molecule has 1 aromatic carbocycles. The van der Waals surface area contributed by atoms with Crippen LogP contribution in [0, 0.1) is 6.92 Å². The molecular formula is C17H19N5OS. The molecule has 7 heteroatoms. The molecule has 24 heavy (non-hydrogen) atoms. The van der Waals surface area contributed by atoms with Crippen LogP contribution < -0.4 is 0 Å². The first kappa shape index (κ1) is 15.3. The van der Waals surface area contributed by atoms with Crippen molar-refractivity contribution in [2.45, 2.75) is 25.7 Å². The number of fused-ring (bicyclic) bond motifs is 1. The summed E-state index contributed by atoms with van der Waals surface area (Å²) in [5, 5.41) is 11.3. The van der Waals surface area contributed by atoms with Crippen molar-refractivity contribution in [1.29, 1.82) is 0 Å². The van der Waals surface area contributed by atoms with Crippen LogP contribution in [0.15, 0.2) is 23.6 Å². The van der Waals surface area contributed by atoms with Gasteiger partial charge >= 0.3 is 0 Å². The number of rotatable bonds is 2. The number of thiazole rings is 1. The van der Waals surface area contributed by atoms with Crippen LogP contribution in [-0.2, 0) is 7.05 Å². The molecule has 0 aliphatic carbocycles. The molecular weight excluding hydrogens is 322 g/mol. The zero-order valence-electron chi connectivity index (χ0n) is 13.8. The number of carbonyl (C=O) groups is 1. The van der Waals surface area contributed by atoms with Gasteiger partial charge in [0.25, 0.3) is 5.91 Å². The molecule has 0 unspecified atom stereocenters. The summed E-state index contributed by atoms with van der Waals surface area (Å²) >= 11 is 1.70. The summed E-state index contributed by atoms with van der Waals surface area (Å²) in [6, 6.07) is 5.61. The SMILES string of the molecule is Cc1csc([C@H]2CCCN(C(=O)c3ccc4c(c3)nnn4C)C2)n1. The molecule has 3 aromatic rings. The molecule has 1 fully saturated rings. The van der Waals surface area contributed by atoms with Gasteiger partial charge in [0.1, 0.15) is 5.52 Å². The second kappa shape index (κ2) is 5.98. The Hall–Kier alpha value is -2.28. The van der Waals surface area contributed by atoms with Gasteiger partial charge in [0.2, 0.25) is 0 Å². The number of hydrogen-bond acceptors (Lipinski definition) is 5. The molecule has 0 radical (unpaired) electrons. The molecule has 3 heterocycles. The first-order chi connectivity index (χ1) is 11.6. The molecule has 1 aliphatic heterocycles. The topological polar surface area (TPSA) is 63.9 Å². The van der Waals surface area contributed by atoms with Gasteiger partial charge in [-0.05, 0) is 38.0 Å². The fourth-order valence-electron chi connectivity index (χ4n) is 3.28. The van der Waals surface area contributed by atoms with Crippen molar-refractivity contribution in [3.05, 3.63) is 39.8 Å². The predicted octanol–water partition coefficient (Wildman–Crippen LogP) is 2.75. The van der Waals surface area contributed by atoms with E-state index in [4.69, 9.17) is 0 Å². The number of likely N-dealkylation sites (tertiary alicyclic amines) is 1. The van der Waals surface area contributed by atoms with Crippen molar-refractivity contribution < 1.29 is 4.79 Å². The van der Waals surface area contributed by atoms with Gasteiger partial charge in [-0.25, -0.2) is 9.67 Å². The maximum Gasteiger partial charge on any atom is 0.253 e. The summed E-state index contributed by atoms with van der Waals surface area (Å²) in [5.41, 5.74) is 3.43. The molecule has 1 atom stereocenters. The van der Waals surface area contributed by atoms with Crippen molar-refractivity contribution in [1.82, 2.24) is 24.9 Å². The lowest BCUT2D eigenvalue weighted by Crippen LogP contribution is -2.39. The summed E-state index contributed by atoms with van der Waals surface area (Å²) in [6.07, 6.45) is 2.11. The van der Waals surface area contributed by atoms with E-state index in [0.29, 0.717) is 11.5 Å². The second-order valence-corrected chi connectivity index (χ2v) is 7.22. The van der Waals surface area contributed by atoms with E-state index in [2.05, 4.69) is 20.7 Å². The highest BCUT2D eigenvalue weighted by Gasteiger charge is 2.27.